The van der Waals surface area contributed by atoms with Gasteiger partial charge in [0.1, 0.15) is 0 Å². The van der Waals surface area contributed by atoms with Crippen LogP contribution in [-0.4, -0.2) is 35.0 Å². The Kier molecular flexibility index (Phi) is 9.30. The summed E-state index contributed by atoms with van der Waals surface area (Å²) in [5.74, 6) is 13.4. The van der Waals surface area contributed by atoms with E-state index in [1.54, 1.807) is 6.07 Å². The van der Waals surface area contributed by atoms with Gasteiger partial charge in [-0.3, -0.25) is 0 Å². The predicted molar refractivity (Wildman–Crippen MR) is 128 cm³/mol. The van der Waals surface area contributed by atoms with Crippen LogP contribution in [0.2, 0.25) is 0 Å². The van der Waals surface area contributed by atoms with E-state index in [4.69, 9.17) is 21.3 Å². The van der Waals surface area contributed by atoms with Crippen molar-refractivity contribution in [2.75, 3.05) is 6.61 Å². The van der Waals surface area contributed by atoms with Gasteiger partial charge in [0, 0.05) is 25.1 Å². The maximum atomic E-state index is 10.4. The Morgan fingerprint density at radius 3 is 2.56 bits per heavy atom. The number of aliphatic hydroxyl groups is 1. The SMILES string of the molecule is NC(CCC#CC#CC1(c2ccc(O)c(OC3CCCC3)c2)CCC(N)CC1)CCCO. The highest BCUT2D eigenvalue weighted by Gasteiger charge is 2.35. The Morgan fingerprint density at radius 2 is 1.84 bits per heavy atom. The lowest BCUT2D eigenvalue weighted by molar-refractivity contribution is 0.201. The molecule has 2 aliphatic rings. The van der Waals surface area contributed by atoms with Crippen molar-refractivity contribution in [3.63, 3.8) is 0 Å². The molecule has 174 valence electrons. The minimum Gasteiger partial charge on any atom is -0.504 e. The van der Waals surface area contributed by atoms with Crippen molar-refractivity contribution in [3.05, 3.63) is 23.8 Å². The molecule has 0 spiro atoms. The first kappa shape index (κ1) is 24.5. The molecule has 2 aliphatic carbocycles. The van der Waals surface area contributed by atoms with Crippen LogP contribution in [0.3, 0.4) is 0 Å². The number of phenolic OH excluding ortho intramolecular Hbond substituents is 1. The molecular formula is C27H38N2O3. The van der Waals surface area contributed by atoms with Crippen molar-refractivity contribution in [2.24, 2.45) is 11.5 Å². The summed E-state index contributed by atoms with van der Waals surface area (Å²) in [6.07, 6.45) is 11.3. The van der Waals surface area contributed by atoms with Gasteiger partial charge in [0.25, 0.3) is 0 Å². The molecule has 5 nitrogen and oxygen atoms in total. The standard InChI is InChI=1S/C27H38N2O3/c28-22(9-7-19-30)8-3-1-2-6-16-27(17-14-23(29)15-18-27)21-12-13-25(31)26(20-21)32-24-10-4-5-11-24/h12-13,20,22-24,30-31H,3-5,7-11,14-15,17-19,28-29H2. The van der Waals surface area contributed by atoms with Crippen molar-refractivity contribution in [1.82, 2.24) is 0 Å². The minimum atomic E-state index is -0.316. The molecule has 1 unspecified atom stereocenters. The molecule has 0 aromatic heterocycles. The third-order valence-electron chi connectivity index (χ3n) is 6.82. The number of hydrogen-bond acceptors (Lipinski definition) is 5. The van der Waals surface area contributed by atoms with Crippen LogP contribution >= 0.6 is 0 Å². The van der Waals surface area contributed by atoms with Gasteiger partial charge in [0.15, 0.2) is 11.5 Å². The van der Waals surface area contributed by atoms with E-state index in [0.29, 0.717) is 12.2 Å². The summed E-state index contributed by atoms with van der Waals surface area (Å²) >= 11 is 0. The quantitative estimate of drug-likeness (QED) is 0.463. The molecule has 1 aromatic rings. The molecule has 0 amide bonds. The van der Waals surface area contributed by atoms with Gasteiger partial charge in [-0.25, -0.2) is 0 Å². The molecule has 1 aromatic carbocycles. The molecule has 0 aliphatic heterocycles. The predicted octanol–water partition coefficient (Wildman–Crippen LogP) is 3.74. The van der Waals surface area contributed by atoms with Crippen LogP contribution in [0.5, 0.6) is 11.5 Å². The van der Waals surface area contributed by atoms with Gasteiger partial charge in [0.05, 0.1) is 11.5 Å². The molecule has 0 bridgehead atoms. The van der Waals surface area contributed by atoms with E-state index in [1.165, 1.54) is 12.8 Å². The van der Waals surface area contributed by atoms with Crippen LogP contribution in [0.25, 0.3) is 0 Å². The number of aliphatic hydroxyl groups excluding tert-OH is 1. The molecule has 5 heteroatoms. The van der Waals surface area contributed by atoms with E-state index in [-0.39, 0.29) is 36.0 Å². The lowest BCUT2D eigenvalue weighted by Gasteiger charge is -2.36. The Labute approximate surface area is 192 Å². The van der Waals surface area contributed by atoms with Gasteiger partial charge in [-0.2, -0.15) is 0 Å². The van der Waals surface area contributed by atoms with Gasteiger partial charge >= 0.3 is 0 Å². The Bertz CT molecular complexity index is 847. The molecule has 2 fully saturated rings. The number of rotatable bonds is 8. The Morgan fingerprint density at radius 1 is 1.09 bits per heavy atom. The third-order valence-corrected chi connectivity index (χ3v) is 6.82. The number of hydrogen-bond donors (Lipinski definition) is 4. The van der Waals surface area contributed by atoms with E-state index >= 15 is 0 Å². The first-order chi connectivity index (χ1) is 15.5. The second-order valence-electron chi connectivity index (χ2n) is 9.34. The summed E-state index contributed by atoms with van der Waals surface area (Å²) in [5.41, 5.74) is 13.0. The number of ether oxygens (including phenoxy) is 1. The number of nitrogens with two attached hydrogens (primary N) is 2. The molecule has 32 heavy (non-hydrogen) atoms. The van der Waals surface area contributed by atoms with Crippen molar-refractivity contribution >= 4 is 0 Å². The van der Waals surface area contributed by atoms with Gasteiger partial charge in [-0.05, 0) is 100 Å². The summed E-state index contributed by atoms with van der Waals surface area (Å²) in [5, 5.41) is 19.3. The van der Waals surface area contributed by atoms with Crippen molar-refractivity contribution < 1.29 is 14.9 Å². The van der Waals surface area contributed by atoms with Gasteiger partial charge in [-0.15, -0.1) is 0 Å². The van der Waals surface area contributed by atoms with E-state index in [1.807, 2.05) is 12.1 Å². The second-order valence-corrected chi connectivity index (χ2v) is 9.34. The summed E-state index contributed by atoms with van der Waals surface area (Å²) in [6.45, 7) is 0.182. The Hall–Kier alpha value is -2.18. The molecule has 6 N–H and O–H groups in total. The van der Waals surface area contributed by atoms with Crippen LogP contribution in [0.1, 0.15) is 82.6 Å². The number of benzene rings is 1. The molecule has 0 heterocycles. The Balaban J connectivity index is 1.73. The number of aromatic hydroxyl groups is 1. The van der Waals surface area contributed by atoms with Crippen LogP contribution in [0, 0.1) is 23.7 Å². The van der Waals surface area contributed by atoms with Gasteiger partial charge < -0.3 is 26.4 Å². The first-order valence-electron chi connectivity index (χ1n) is 12.1. The molecule has 0 radical (unpaired) electrons. The van der Waals surface area contributed by atoms with Gasteiger partial charge in [0.2, 0.25) is 0 Å². The lowest BCUT2D eigenvalue weighted by Crippen LogP contribution is -2.36. The smallest absolute Gasteiger partial charge is 0.161 e. The average Bonchev–Trinajstić information content (AvgIpc) is 3.31. The van der Waals surface area contributed by atoms with Crippen molar-refractivity contribution in [3.8, 4) is 35.2 Å². The molecule has 2 saturated carbocycles. The fourth-order valence-electron chi connectivity index (χ4n) is 4.72. The number of phenols is 1. The largest absolute Gasteiger partial charge is 0.504 e. The highest BCUT2D eigenvalue weighted by atomic mass is 16.5. The zero-order valence-electron chi connectivity index (χ0n) is 19.1. The molecular weight excluding hydrogens is 400 g/mol. The van der Waals surface area contributed by atoms with Crippen LogP contribution in [0.4, 0.5) is 0 Å². The second kappa shape index (κ2) is 12.2. The monoisotopic (exact) mass is 438 g/mol. The highest BCUT2D eigenvalue weighted by Crippen LogP contribution is 2.42. The average molecular weight is 439 g/mol. The van der Waals surface area contributed by atoms with Gasteiger partial charge in [-0.1, -0.05) is 17.9 Å². The zero-order valence-corrected chi connectivity index (χ0v) is 19.1. The maximum absolute atomic E-state index is 10.4. The summed E-state index contributed by atoms with van der Waals surface area (Å²) in [4.78, 5) is 0. The molecule has 3 rings (SSSR count). The fourth-order valence-corrected chi connectivity index (χ4v) is 4.72. The lowest BCUT2D eigenvalue weighted by atomic mass is 9.68. The van der Waals surface area contributed by atoms with E-state index in [9.17, 15) is 5.11 Å². The first-order valence-corrected chi connectivity index (χ1v) is 12.1. The van der Waals surface area contributed by atoms with Crippen molar-refractivity contribution in [2.45, 2.75) is 101 Å². The normalized spacial score (nSPS) is 24.2. The van der Waals surface area contributed by atoms with Crippen LogP contribution in [0.15, 0.2) is 18.2 Å². The molecule has 1 atom stereocenters. The third kappa shape index (κ3) is 6.91. The highest BCUT2D eigenvalue weighted by molar-refractivity contribution is 5.48. The summed E-state index contributed by atoms with van der Waals surface area (Å²) in [6, 6.07) is 5.97. The summed E-state index contributed by atoms with van der Waals surface area (Å²) < 4.78 is 6.13. The van der Waals surface area contributed by atoms with E-state index in [0.717, 1.165) is 63.4 Å². The van der Waals surface area contributed by atoms with Crippen molar-refractivity contribution in [1.29, 1.82) is 0 Å². The molecule has 0 saturated heterocycles. The minimum absolute atomic E-state index is 0.0749. The van der Waals surface area contributed by atoms with E-state index in [2.05, 4.69) is 23.7 Å². The van der Waals surface area contributed by atoms with Crippen LogP contribution in [-0.2, 0) is 5.41 Å². The van der Waals surface area contributed by atoms with E-state index < -0.39 is 0 Å². The zero-order chi connectivity index (χ0) is 22.8. The van der Waals surface area contributed by atoms with Crippen LogP contribution < -0.4 is 16.2 Å². The fraction of sp³-hybridized carbons (Fsp3) is 0.630. The topological polar surface area (TPSA) is 102 Å². The summed E-state index contributed by atoms with van der Waals surface area (Å²) in [7, 11) is 0. The maximum Gasteiger partial charge on any atom is 0.161 e.